The summed E-state index contributed by atoms with van der Waals surface area (Å²) in [5, 5.41) is 0.661. The van der Waals surface area contributed by atoms with E-state index in [1.54, 1.807) is 19.2 Å². The lowest BCUT2D eigenvalue weighted by Crippen LogP contribution is -2.57. The molecule has 0 bridgehead atoms. The Hall–Kier alpha value is -4.04. The van der Waals surface area contributed by atoms with Crippen LogP contribution in [-0.2, 0) is 16.8 Å². The molecule has 2 aliphatic heterocycles. The summed E-state index contributed by atoms with van der Waals surface area (Å²) < 4.78 is 10.9. The third-order valence-corrected chi connectivity index (χ3v) is 8.96. The smallest absolute Gasteiger partial charge is 0.263 e. The summed E-state index contributed by atoms with van der Waals surface area (Å²) in [4.78, 5) is 46.2. The van der Waals surface area contributed by atoms with E-state index in [1.165, 1.54) is 12.0 Å². The molecule has 9 heteroatoms. The lowest BCUT2D eigenvalue weighted by Gasteiger charge is -2.46. The van der Waals surface area contributed by atoms with Crippen molar-refractivity contribution in [2.24, 2.45) is 0 Å². The van der Waals surface area contributed by atoms with E-state index >= 15 is 0 Å². The maximum atomic E-state index is 13.8. The van der Waals surface area contributed by atoms with Gasteiger partial charge < -0.3 is 19.3 Å². The molecule has 1 saturated carbocycles. The zero-order valence-electron chi connectivity index (χ0n) is 23.2. The summed E-state index contributed by atoms with van der Waals surface area (Å²) in [6.07, 6.45) is 2.70. The van der Waals surface area contributed by atoms with Gasteiger partial charge in [-0.2, -0.15) is 0 Å². The average Bonchev–Trinajstić information content (AvgIpc) is 3.22. The molecule has 3 aliphatic rings. The molecule has 1 aliphatic carbocycles. The van der Waals surface area contributed by atoms with E-state index in [-0.39, 0.29) is 24.3 Å². The molecular formula is C32H32ClN3O5. The minimum Gasteiger partial charge on any atom is -0.493 e. The molecule has 41 heavy (non-hydrogen) atoms. The number of halogens is 1. The van der Waals surface area contributed by atoms with Gasteiger partial charge in [-0.1, -0.05) is 48.4 Å². The highest BCUT2D eigenvalue weighted by molar-refractivity contribution is 6.30. The number of methoxy groups -OCH3 is 2. The van der Waals surface area contributed by atoms with Crippen molar-refractivity contribution in [2.75, 3.05) is 45.3 Å². The Labute approximate surface area is 244 Å². The largest absolute Gasteiger partial charge is 0.493 e. The topological polar surface area (TPSA) is 79.4 Å². The molecule has 0 atom stereocenters. The van der Waals surface area contributed by atoms with Crippen molar-refractivity contribution in [3.05, 3.63) is 87.9 Å². The van der Waals surface area contributed by atoms with Gasteiger partial charge in [0.1, 0.15) is 0 Å². The summed E-state index contributed by atoms with van der Waals surface area (Å²) in [5.41, 5.74) is 2.76. The van der Waals surface area contributed by atoms with Gasteiger partial charge in [-0.25, -0.2) is 0 Å². The van der Waals surface area contributed by atoms with E-state index in [2.05, 4.69) is 4.90 Å². The first-order valence-electron chi connectivity index (χ1n) is 13.9. The van der Waals surface area contributed by atoms with Crippen LogP contribution in [0, 0.1) is 0 Å². The number of piperazine rings is 1. The highest BCUT2D eigenvalue weighted by Gasteiger charge is 2.48. The molecule has 0 radical (unpaired) electrons. The number of ether oxygens (including phenoxy) is 2. The van der Waals surface area contributed by atoms with Gasteiger partial charge in [0.2, 0.25) is 5.91 Å². The number of hydrogen-bond acceptors (Lipinski definition) is 6. The third-order valence-electron chi connectivity index (χ3n) is 8.71. The van der Waals surface area contributed by atoms with Gasteiger partial charge in [0.05, 0.1) is 43.0 Å². The zero-order valence-corrected chi connectivity index (χ0v) is 23.9. The lowest BCUT2D eigenvalue weighted by molar-refractivity contribution is -0.141. The Morgan fingerprint density at radius 2 is 1.59 bits per heavy atom. The molecule has 0 spiro atoms. The SMILES string of the molecule is COc1cccc(CN2C(=O)c3cccc(N4CCN(C(=O)C5(c6ccc(Cl)cc6)CCC5)CC4)c3C2=O)c1OC. The van der Waals surface area contributed by atoms with Crippen molar-refractivity contribution >= 4 is 35.0 Å². The number of hydrogen-bond donors (Lipinski definition) is 0. The van der Waals surface area contributed by atoms with Gasteiger partial charge in [-0.05, 0) is 48.7 Å². The van der Waals surface area contributed by atoms with Gasteiger partial charge in [0.15, 0.2) is 11.5 Å². The summed E-state index contributed by atoms with van der Waals surface area (Å²) in [5.74, 6) is 0.527. The van der Waals surface area contributed by atoms with Gasteiger partial charge in [0, 0.05) is 36.8 Å². The highest BCUT2D eigenvalue weighted by Crippen LogP contribution is 2.46. The first-order valence-corrected chi connectivity index (χ1v) is 14.2. The number of benzene rings is 3. The lowest BCUT2D eigenvalue weighted by atomic mass is 9.63. The van der Waals surface area contributed by atoms with Crippen molar-refractivity contribution in [1.29, 1.82) is 0 Å². The maximum Gasteiger partial charge on any atom is 0.263 e. The number of carbonyl (C=O) groups is 3. The Kier molecular flexibility index (Phi) is 7.11. The fraction of sp³-hybridized carbons (Fsp3) is 0.344. The molecule has 0 aromatic heterocycles. The average molecular weight is 574 g/mol. The maximum absolute atomic E-state index is 13.8. The van der Waals surface area contributed by atoms with Crippen molar-refractivity contribution in [3.8, 4) is 11.5 Å². The molecule has 2 fully saturated rings. The van der Waals surface area contributed by atoms with Crippen LogP contribution in [0.15, 0.2) is 60.7 Å². The summed E-state index contributed by atoms with van der Waals surface area (Å²) in [7, 11) is 3.08. The predicted octanol–water partition coefficient (Wildman–Crippen LogP) is 4.92. The monoisotopic (exact) mass is 573 g/mol. The number of rotatable bonds is 7. The van der Waals surface area contributed by atoms with Crippen LogP contribution in [0.4, 0.5) is 5.69 Å². The van der Waals surface area contributed by atoms with Crippen molar-refractivity contribution < 1.29 is 23.9 Å². The molecule has 8 nitrogen and oxygen atoms in total. The molecule has 6 rings (SSSR count). The summed E-state index contributed by atoms with van der Waals surface area (Å²) >= 11 is 6.10. The quantitative estimate of drug-likeness (QED) is 0.373. The molecular weight excluding hydrogens is 542 g/mol. The minimum absolute atomic E-state index is 0.0707. The number of anilines is 1. The Morgan fingerprint density at radius 1 is 0.878 bits per heavy atom. The van der Waals surface area contributed by atoms with Crippen molar-refractivity contribution in [2.45, 2.75) is 31.2 Å². The van der Waals surface area contributed by atoms with E-state index < -0.39 is 5.41 Å². The van der Waals surface area contributed by atoms with Gasteiger partial charge >= 0.3 is 0 Å². The van der Waals surface area contributed by atoms with Gasteiger partial charge in [0.25, 0.3) is 11.8 Å². The number of amides is 3. The van der Waals surface area contributed by atoms with Crippen molar-refractivity contribution in [3.63, 3.8) is 0 Å². The molecule has 212 valence electrons. The van der Waals surface area contributed by atoms with Crippen LogP contribution in [0.2, 0.25) is 5.02 Å². The molecule has 0 unspecified atom stereocenters. The van der Waals surface area contributed by atoms with Gasteiger partial charge in [-0.3, -0.25) is 19.3 Å². The number of imide groups is 1. The normalized spacial score (nSPS) is 17.8. The Morgan fingerprint density at radius 3 is 2.22 bits per heavy atom. The van der Waals surface area contributed by atoms with E-state index in [0.717, 1.165) is 30.5 Å². The van der Waals surface area contributed by atoms with Crippen LogP contribution in [0.5, 0.6) is 11.5 Å². The minimum atomic E-state index is -0.481. The van der Waals surface area contributed by atoms with Crippen LogP contribution in [0.1, 0.15) is 51.1 Å². The van der Waals surface area contributed by atoms with Crippen LogP contribution >= 0.6 is 11.6 Å². The molecule has 3 aromatic carbocycles. The van der Waals surface area contributed by atoms with E-state index in [0.29, 0.717) is 59.4 Å². The summed E-state index contributed by atoms with van der Waals surface area (Å²) in [6, 6.07) is 18.5. The number of fused-ring (bicyclic) bond motifs is 1. The molecule has 1 saturated heterocycles. The summed E-state index contributed by atoms with van der Waals surface area (Å²) in [6.45, 7) is 2.31. The molecule has 3 amide bonds. The zero-order chi connectivity index (χ0) is 28.7. The fourth-order valence-electron chi connectivity index (χ4n) is 6.35. The molecule has 0 N–H and O–H groups in total. The second kappa shape index (κ2) is 10.7. The van der Waals surface area contributed by atoms with Crippen molar-refractivity contribution in [1.82, 2.24) is 9.80 Å². The highest BCUT2D eigenvalue weighted by atomic mass is 35.5. The third kappa shape index (κ3) is 4.50. The second-order valence-corrected chi connectivity index (χ2v) is 11.2. The van der Waals surface area contributed by atoms with E-state index in [1.807, 2.05) is 53.4 Å². The fourth-order valence-corrected chi connectivity index (χ4v) is 6.48. The Bertz CT molecular complexity index is 1510. The van der Waals surface area contributed by atoms with Crippen LogP contribution in [0.25, 0.3) is 0 Å². The molecule has 2 heterocycles. The van der Waals surface area contributed by atoms with Crippen LogP contribution < -0.4 is 14.4 Å². The van der Waals surface area contributed by atoms with Crippen LogP contribution in [0.3, 0.4) is 0 Å². The number of carbonyl (C=O) groups excluding carboxylic acids is 3. The predicted molar refractivity (Wildman–Crippen MR) is 156 cm³/mol. The Balaban J connectivity index is 1.19. The molecule has 3 aromatic rings. The van der Waals surface area contributed by atoms with E-state index in [9.17, 15) is 14.4 Å². The van der Waals surface area contributed by atoms with E-state index in [4.69, 9.17) is 21.1 Å². The number of nitrogens with zero attached hydrogens (tertiary/aromatic N) is 3. The number of para-hydroxylation sites is 1. The second-order valence-electron chi connectivity index (χ2n) is 10.8. The van der Waals surface area contributed by atoms with Gasteiger partial charge in [-0.15, -0.1) is 0 Å². The first-order chi connectivity index (χ1) is 19.9. The van der Waals surface area contributed by atoms with Crippen LogP contribution in [-0.4, -0.2) is 67.9 Å². The standard InChI is InChI=1S/C32H32ClN3O5/c1-40-26-9-3-6-21(28(26)41-2)20-36-29(37)24-7-4-8-25(27(24)30(36)38)34-16-18-35(19-17-34)31(39)32(14-5-15-32)22-10-12-23(33)13-11-22/h3-4,6-13H,5,14-20H2,1-2H3. The first kappa shape index (κ1) is 27.1.